The molecular formula is C10H12ClNO. The number of carbonyl (C=O) groups excluding carboxylic acids is 1. The molecular weight excluding hydrogens is 186 g/mol. The smallest absolute Gasteiger partial charge is 0.182 e. The molecule has 0 fully saturated rings. The summed E-state index contributed by atoms with van der Waals surface area (Å²) in [6, 6.07) is 3.40. The summed E-state index contributed by atoms with van der Waals surface area (Å²) in [4.78, 5) is 15.5. The van der Waals surface area contributed by atoms with Crippen LogP contribution >= 0.6 is 11.6 Å². The van der Waals surface area contributed by atoms with Crippen LogP contribution in [0.2, 0.25) is 5.02 Å². The molecule has 0 amide bonds. The fourth-order valence-corrected chi connectivity index (χ4v) is 1.29. The molecule has 13 heavy (non-hydrogen) atoms. The fourth-order valence-electron chi connectivity index (χ4n) is 1.06. The van der Waals surface area contributed by atoms with Crippen LogP contribution in [0.1, 0.15) is 30.8 Å². The van der Waals surface area contributed by atoms with E-state index in [4.69, 9.17) is 11.6 Å². The second-order valence-corrected chi connectivity index (χ2v) is 3.76. The summed E-state index contributed by atoms with van der Waals surface area (Å²) in [5.41, 5.74) is 0.387. The highest BCUT2D eigenvalue weighted by Gasteiger charge is 2.12. The molecule has 1 heterocycles. The van der Waals surface area contributed by atoms with Crippen LogP contribution in [0.5, 0.6) is 0 Å². The van der Waals surface area contributed by atoms with Crippen LogP contribution in [0.4, 0.5) is 0 Å². The number of hydrogen-bond acceptors (Lipinski definition) is 2. The molecule has 70 valence electrons. The maximum absolute atomic E-state index is 11.5. The van der Waals surface area contributed by atoms with Gasteiger partial charge in [-0.05, 0) is 18.1 Å². The number of rotatable bonds is 3. The molecule has 0 aliphatic carbocycles. The van der Waals surface area contributed by atoms with Gasteiger partial charge in [0.15, 0.2) is 5.78 Å². The van der Waals surface area contributed by atoms with Crippen molar-refractivity contribution in [3.05, 3.63) is 29.0 Å². The van der Waals surface area contributed by atoms with Crippen molar-refractivity contribution < 1.29 is 4.79 Å². The summed E-state index contributed by atoms with van der Waals surface area (Å²) in [6.45, 7) is 3.99. The largest absolute Gasteiger partial charge is 0.292 e. The Balaban J connectivity index is 2.83. The summed E-state index contributed by atoms with van der Waals surface area (Å²) in [7, 11) is 0. The van der Waals surface area contributed by atoms with Crippen LogP contribution in [-0.4, -0.2) is 10.8 Å². The Morgan fingerprint density at radius 3 is 2.85 bits per heavy atom. The van der Waals surface area contributed by atoms with E-state index < -0.39 is 0 Å². The van der Waals surface area contributed by atoms with Crippen molar-refractivity contribution in [2.45, 2.75) is 20.3 Å². The van der Waals surface area contributed by atoms with Crippen molar-refractivity contribution in [2.75, 3.05) is 0 Å². The number of carbonyl (C=O) groups is 1. The average molecular weight is 198 g/mol. The van der Waals surface area contributed by atoms with Crippen LogP contribution in [0.3, 0.4) is 0 Å². The Kier molecular flexibility index (Phi) is 3.43. The predicted molar refractivity (Wildman–Crippen MR) is 53.0 cm³/mol. The SMILES string of the molecule is CC(C)CC(=O)c1ncccc1Cl. The Morgan fingerprint density at radius 1 is 1.62 bits per heavy atom. The summed E-state index contributed by atoms with van der Waals surface area (Å²) in [6.07, 6.45) is 2.08. The van der Waals surface area contributed by atoms with E-state index >= 15 is 0 Å². The average Bonchev–Trinajstić information content (AvgIpc) is 2.03. The number of Topliss-reactive ketones (excluding diaryl/α,β-unsaturated/α-hetero) is 1. The van der Waals surface area contributed by atoms with Crippen LogP contribution in [0, 0.1) is 5.92 Å². The Labute approximate surface area is 82.9 Å². The molecule has 0 aliphatic rings. The van der Waals surface area contributed by atoms with Crippen molar-refractivity contribution in [1.82, 2.24) is 4.98 Å². The third kappa shape index (κ3) is 2.81. The normalized spacial score (nSPS) is 10.5. The third-order valence-corrected chi connectivity index (χ3v) is 1.92. The lowest BCUT2D eigenvalue weighted by Crippen LogP contribution is -2.06. The minimum absolute atomic E-state index is 0.0144. The Hall–Kier alpha value is -0.890. The first-order valence-electron chi connectivity index (χ1n) is 4.25. The second kappa shape index (κ2) is 4.38. The van der Waals surface area contributed by atoms with Crippen molar-refractivity contribution in [1.29, 1.82) is 0 Å². The van der Waals surface area contributed by atoms with Gasteiger partial charge < -0.3 is 0 Å². The highest BCUT2D eigenvalue weighted by atomic mass is 35.5. The Morgan fingerprint density at radius 2 is 2.31 bits per heavy atom. The van der Waals surface area contributed by atoms with Gasteiger partial charge >= 0.3 is 0 Å². The second-order valence-electron chi connectivity index (χ2n) is 3.35. The zero-order valence-corrected chi connectivity index (χ0v) is 8.51. The summed E-state index contributed by atoms with van der Waals surface area (Å²) in [5.74, 6) is 0.353. The number of ketones is 1. The Bertz CT molecular complexity index is 310. The van der Waals surface area contributed by atoms with Gasteiger partial charge in [-0.3, -0.25) is 9.78 Å². The number of pyridine rings is 1. The highest BCUT2D eigenvalue weighted by Crippen LogP contribution is 2.15. The molecule has 0 aromatic carbocycles. The lowest BCUT2D eigenvalue weighted by Gasteiger charge is -2.03. The number of hydrogen-bond donors (Lipinski definition) is 0. The zero-order chi connectivity index (χ0) is 9.84. The van der Waals surface area contributed by atoms with Gasteiger partial charge in [0.1, 0.15) is 5.69 Å². The van der Waals surface area contributed by atoms with E-state index in [0.717, 1.165) is 0 Å². The van der Waals surface area contributed by atoms with Crippen LogP contribution in [-0.2, 0) is 0 Å². The van der Waals surface area contributed by atoms with Crippen molar-refractivity contribution in [3.63, 3.8) is 0 Å². The van der Waals surface area contributed by atoms with Crippen molar-refractivity contribution >= 4 is 17.4 Å². The monoisotopic (exact) mass is 197 g/mol. The van der Waals surface area contributed by atoms with E-state index in [1.165, 1.54) is 0 Å². The zero-order valence-electron chi connectivity index (χ0n) is 7.75. The van der Waals surface area contributed by atoms with Gasteiger partial charge in [-0.1, -0.05) is 25.4 Å². The van der Waals surface area contributed by atoms with E-state index in [-0.39, 0.29) is 5.78 Å². The van der Waals surface area contributed by atoms with E-state index in [2.05, 4.69) is 4.98 Å². The van der Waals surface area contributed by atoms with Gasteiger partial charge in [0, 0.05) is 12.6 Å². The van der Waals surface area contributed by atoms with E-state index in [0.29, 0.717) is 23.1 Å². The van der Waals surface area contributed by atoms with Gasteiger partial charge in [-0.25, -0.2) is 0 Å². The fraction of sp³-hybridized carbons (Fsp3) is 0.400. The molecule has 0 bridgehead atoms. The molecule has 0 saturated heterocycles. The molecule has 1 aromatic heterocycles. The summed E-state index contributed by atoms with van der Waals surface area (Å²) in [5, 5.41) is 0.438. The molecule has 1 aromatic rings. The lowest BCUT2D eigenvalue weighted by molar-refractivity contribution is 0.0963. The van der Waals surface area contributed by atoms with Gasteiger partial charge in [0.2, 0.25) is 0 Å². The first-order valence-corrected chi connectivity index (χ1v) is 4.62. The number of nitrogens with zero attached hydrogens (tertiary/aromatic N) is 1. The van der Waals surface area contributed by atoms with Crippen LogP contribution in [0.25, 0.3) is 0 Å². The maximum atomic E-state index is 11.5. The first-order chi connectivity index (χ1) is 6.11. The topological polar surface area (TPSA) is 30.0 Å². The van der Waals surface area contributed by atoms with Crippen molar-refractivity contribution in [3.8, 4) is 0 Å². The van der Waals surface area contributed by atoms with Crippen molar-refractivity contribution in [2.24, 2.45) is 5.92 Å². The van der Waals surface area contributed by atoms with Crippen LogP contribution < -0.4 is 0 Å². The van der Waals surface area contributed by atoms with E-state index in [9.17, 15) is 4.79 Å². The summed E-state index contributed by atoms with van der Waals surface area (Å²) >= 11 is 5.82. The minimum atomic E-state index is 0.0144. The van der Waals surface area contributed by atoms with Crippen LogP contribution in [0.15, 0.2) is 18.3 Å². The molecule has 0 saturated carbocycles. The predicted octanol–water partition coefficient (Wildman–Crippen LogP) is 2.96. The van der Waals surface area contributed by atoms with Gasteiger partial charge in [0.05, 0.1) is 5.02 Å². The molecule has 0 aliphatic heterocycles. The molecule has 0 N–H and O–H groups in total. The molecule has 3 heteroatoms. The first kappa shape index (κ1) is 10.2. The van der Waals surface area contributed by atoms with Gasteiger partial charge in [-0.2, -0.15) is 0 Å². The molecule has 1 rings (SSSR count). The summed E-state index contributed by atoms with van der Waals surface area (Å²) < 4.78 is 0. The molecule has 0 radical (unpaired) electrons. The van der Waals surface area contributed by atoms with E-state index in [1.807, 2.05) is 13.8 Å². The van der Waals surface area contributed by atoms with Gasteiger partial charge in [-0.15, -0.1) is 0 Å². The highest BCUT2D eigenvalue weighted by molar-refractivity contribution is 6.33. The molecule has 0 atom stereocenters. The standard InChI is InChI=1S/C10H12ClNO/c1-7(2)6-9(13)10-8(11)4-3-5-12-10/h3-5,7H,6H2,1-2H3. The number of halogens is 1. The molecule has 2 nitrogen and oxygen atoms in total. The quantitative estimate of drug-likeness (QED) is 0.698. The van der Waals surface area contributed by atoms with Gasteiger partial charge in [0.25, 0.3) is 0 Å². The van der Waals surface area contributed by atoms with E-state index in [1.54, 1.807) is 18.3 Å². The molecule has 0 spiro atoms. The number of aromatic nitrogens is 1. The molecule has 0 unspecified atom stereocenters. The third-order valence-electron chi connectivity index (χ3n) is 1.62. The maximum Gasteiger partial charge on any atom is 0.182 e. The minimum Gasteiger partial charge on any atom is -0.292 e. The lowest BCUT2D eigenvalue weighted by atomic mass is 10.1.